The van der Waals surface area contributed by atoms with Crippen LogP contribution in [0.25, 0.3) is 16.5 Å². The number of ketones is 1. The highest BCUT2D eigenvalue weighted by Crippen LogP contribution is 2.26. The van der Waals surface area contributed by atoms with Crippen molar-refractivity contribution in [1.29, 1.82) is 0 Å². The first-order valence-electron chi connectivity index (χ1n) is 8.11. The van der Waals surface area contributed by atoms with E-state index in [0.717, 1.165) is 20.8 Å². The molecule has 0 radical (unpaired) electrons. The molecule has 0 spiro atoms. The SMILES string of the molecule is O=C(CSc1nn(-c2ccc(Cl)cc2)c(=S)s1)c1ccc2ccccc2c1. The topological polar surface area (TPSA) is 34.9 Å². The van der Waals surface area contributed by atoms with Gasteiger partial charge in [-0.1, -0.05) is 71.1 Å². The summed E-state index contributed by atoms with van der Waals surface area (Å²) in [7, 11) is 0. The number of fused-ring (bicyclic) bond motifs is 1. The van der Waals surface area contributed by atoms with E-state index in [1.54, 1.807) is 16.8 Å². The summed E-state index contributed by atoms with van der Waals surface area (Å²) in [5.74, 6) is 0.395. The molecule has 0 N–H and O–H groups in total. The largest absolute Gasteiger partial charge is 0.293 e. The highest BCUT2D eigenvalue weighted by atomic mass is 35.5. The van der Waals surface area contributed by atoms with Crippen LogP contribution in [-0.4, -0.2) is 21.3 Å². The van der Waals surface area contributed by atoms with E-state index < -0.39 is 0 Å². The summed E-state index contributed by atoms with van der Waals surface area (Å²) >= 11 is 14.1. The second-order valence-electron chi connectivity index (χ2n) is 5.80. The molecule has 0 saturated carbocycles. The van der Waals surface area contributed by atoms with Gasteiger partial charge in [-0.3, -0.25) is 4.79 Å². The Morgan fingerprint density at radius 2 is 1.81 bits per heavy atom. The number of hydrogen-bond acceptors (Lipinski definition) is 5. The summed E-state index contributed by atoms with van der Waals surface area (Å²) in [6, 6.07) is 21.1. The zero-order valence-electron chi connectivity index (χ0n) is 14.0. The van der Waals surface area contributed by atoms with Gasteiger partial charge in [0.05, 0.1) is 11.4 Å². The van der Waals surface area contributed by atoms with Crippen molar-refractivity contribution in [3.8, 4) is 5.69 Å². The van der Waals surface area contributed by atoms with E-state index in [1.807, 2.05) is 54.6 Å². The number of aromatic nitrogens is 2. The van der Waals surface area contributed by atoms with Gasteiger partial charge in [0.15, 0.2) is 14.1 Å². The quantitative estimate of drug-likeness (QED) is 0.208. The van der Waals surface area contributed by atoms with Crippen LogP contribution in [0.5, 0.6) is 0 Å². The van der Waals surface area contributed by atoms with Crippen LogP contribution in [0.4, 0.5) is 0 Å². The van der Waals surface area contributed by atoms with Crippen molar-refractivity contribution in [3.05, 3.63) is 81.3 Å². The molecule has 3 aromatic carbocycles. The van der Waals surface area contributed by atoms with Gasteiger partial charge >= 0.3 is 0 Å². The molecule has 0 saturated heterocycles. The average molecular weight is 429 g/mol. The molecule has 3 nitrogen and oxygen atoms in total. The lowest BCUT2D eigenvalue weighted by Crippen LogP contribution is -2.02. The molecule has 27 heavy (non-hydrogen) atoms. The number of Topliss-reactive ketones (excluding diaryl/α,β-unsaturated/α-hetero) is 1. The lowest BCUT2D eigenvalue weighted by atomic mass is 10.1. The molecule has 0 unspecified atom stereocenters. The molecule has 0 amide bonds. The Morgan fingerprint density at radius 3 is 2.59 bits per heavy atom. The van der Waals surface area contributed by atoms with Crippen molar-refractivity contribution in [1.82, 2.24) is 9.78 Å². The zero-order valence-corrected chi connectivity index (χ0v) is 17.2. The van der Waals surface area contributed by atoms with Crippen molar-refractivity contribution in [2.75, 3.05) is 5.75 Å². The minimum absolute atomic E-state index is 0.0740. The van der Waals surface area contributed by atoms with Gasteiger partial charge < -0.3 is 0 Å². The standard InChI is InChI=1S/C20H13ClN2OS3/c21-16-7-9-17(10-8-16)23-20(25)27-19(22-23)26-12-18(24)15-6-5-13-3-1-2-4-14(13)11-15/h1-11H,12H2. The fourth-order valence-electron chi connectivity index (χ4n) is 2.64. The smallest absolute Gasteiger partial charge is 0.184 e. The van der Waals surface area contributed by atoms with E-state index in [2.05, 4.69) is 5.10 Å². The molecule has 0 atom stereocenters. The second kappa shape index (κ2) is 7.94. The van der Waals surface area contributed by atoms with Gasteiger partial charge in [0.2, 0.25) is 0 Å². The van der Waals surface area contributed by atoms with Crippen LogP contribution in [0, 0.1) is 3.95 Å². The highest BCUT2D eigenvalue weighted by molar-refractivity contribution is 8.01. The minimum Gasteiger partial charge on any atom is -0.293 e. The number of hydrogen-bond donors (Lipinski definition) is 0. The lowest BCUT2D eigenvalue weighted by Gasteiger charge is -2.02. The maximum Gasteiger partial charge on any atom is 0.184 e. The minimum atomic E-state index is 0.0740. The Balaban J connectivity index is 1.49. The molecule has 0 aliphatic heterocycles. The number of nitrogens with zero attached hydrogens (tertiary/aromatic N) is 2. The summed E-state index contributed by atoms with van der Waals surface area (Å²) in [6.45, 7) is 0. The normalized spacial score (nSPS) is 11.0. The fraction of sp³-hybridized carbons (Fsp3) is 0.0500. The molecule has 4 aromatic rings. The number of halogens is 1. The summed E-state index contributed by atoms with van der Waals surface area (Å²) in [4.78, 5) is 12.6. The number of carbonyl (C=O) groups is 1. The predicted molar refractivity (Wildman–Crippen MR) is 116 cm³/mol. The van der Waals surface area contributed by atoms with Gasteiger partial charge in [0, 0.05) is 10.6 Å². The van der Waals surface area contributed by atoms with Crippen LogP contribution in [-0.2, 0) is 0 Å². The highest BCUT2D eigenvalue weighted by Gasteiger charge is 2.11. The summed E-state index contributed by atoms with van der Waals surface area (Å²) < 4.78 is 3.10. The van der Waals surface area contributed by atoms with Crippen molar-refractivity contribution in [2.24, 2.45) is 0 Å². The Labute approximate surface area is 174 Å². The fourth-order valence-corrected chi connectivity index (χ4v) is 5.02. The number of rotatable bonds is 5. The van der Waals surface area contributed by atoms with Gasteiger partial charge in [-0.2, -0.15) is 0 Å². The van der Waals surface area contributed by atoms with E-state index in [1.165, 1.54) is 23.1 Å². The average Bonchev–Trinajstić information content (AvgIpc) is 3.07. The Hall–Kier alpha value is -1.99. The number of benzene rings is 3. The molecule has 0 aliphatic carbocycles. The number of carbonyl (C=O) groups excluding carboxylic acids is 1. The summed E-state index contributed by atoms with van der Waals surface area (Å²) in [6.07, 6.45) is 0. The van der Waals surface area contributed by atoms with Crippen LogP contribution in [0.3, 0.4) is 0 Å². The first-order chi connectivity index (χ1) is 13.1. The lowest BCUT2D eigenvalue weighted by molar-refractivity contribution is 0.102. The van der Waals surface area contributed by atoms with E-state index in [0.29, 0.717) is 20.3 Å². The van der Waals surface area contributed by atoms with Crippen LogP contribution in [0.1, 0.15) is 10.4 Å². The molecule has 7 heteroatoms. The van der Waals surface area contributed by atoms with Crippen LogP contribution >= 0.6 is 46.9 Å². The molecular weight excluding hydrogens is 416 g/mol. The van der Waals surface area contributed by atoms with Crippen molar-refractivity contribution in [3.63, 3.8) is 0 Å². The zero-order chi connectivity index (χ0) is 18.8. The Morgan fingerprint density at radius 1 is 1.07 bits per heavy atom. The molecule has 0 aliphatic rings. The van der Waals surface area contributed by atoms with E-state index in [9.17, 15) is 4.79 Å². The molecule has 0 fully saturated rings. The summed E-state index contributed by atoms with van der Waals surface area (Å²) in [5.41, 5.74) is 1.57. The van der Waals surface area contributed by atoms with Crippen molar-refractivity contribution >= 4 is 63.5 Å². The van der Waals surface area contributed by atoms with E-state index in [4.69, 9.17) is 23.8 Å². The Kier molecular flexibility index (Phi) is 5.41. The monoisotopic (exact) mass is 428 g/mol. The summed E-state index contributed by atoms with van der Waals surface area (Å²) in [5, 5.41) is 7.38. The molecular formula is C20H13ClN2OS3. The van der Waals surface area contributed by atoms with Gasteiger partial charge in [-0.05, 0) is 53.3 Å². The molecule has 0 bridgehead atoms. The third-order valence-electron chi connectivity index (χ3n) is 4.00. The van der Waals surface area contributed by atoms with Crippen LogP contribution < -0.4 is 0 Å². The maximum atomic E-state index is 12.6. The van der Waals surface area contributed by atoms with Crippen LogP contribution in [0.15, 0.2) is 71.1 Å². The van der Waals surface area contributed by atoms with E-state index in [-0.39, 0.29) is 5.78 Å². The van der Waals surface area contributed by atoms with Gasteiger partial charge in [-0.25, -0.2) is 4.68 Å². The molecule has 1 heterocycles. The van der Waals surface area contributed by atoms with Gasteiger partial charge in [-0.15, -0.1) is 5.10 Å². The first kappa shape index (κ1) is 18.4. The second-order valence-corrected chi connectivity index (χ2v) is 9.08. The van der Waals surface area contributed by atoms with Crippen molar-refractivity contribution in [2.45, 2.75) is 4.34 Å². The van der Waals surface area contributed by atoms with Crippen LogP contribution in [0.2, 0.25) is 5.02 Å². The van der Waals surface area contributed by atoms with Crippen molar-refractivity contribution < 1.29 is 4.79 Å². The van der Waals surface area contributed by atoms with Gasteiger partial charge in [0.25, 0.3) is 0 Å². The third-order valence-corrected chi connectivity index (χ3v) is 6.62. The predicted octanol–water partition coefficient (Wildman–Crippen LogP) is 6.44. The Bertz CT molecular complexity index is 1180. The molecule has 134 valence electrons. The molecule has 1 aromatic heterocycles. The maximum absolute atomic E-state index is 12.6. The van der Waals surface area contributed by atoms with E-state index >= 15 is 0 Å². The first-order valence-corrected chi connectivity index (χ1v) is 10.7. The number of thioether (sulfide) groups is 1. The third kappa shape index (κ3) is 4.14. The molecule has 4 rings (SSSR count). The van der Waals surface area contributed by atoms with Gasteiger partial charge in [0.1, 0.15) is 0 Å².